The molecule has 0 aliphatic heterocycles. The summed E-state index contributed by atoms with van der Waals surface area (Å²) in [5, 5.41) is 10.2. The Morgan fingerprint density at radius 3 is 2.47 bits per heavy atom. The van der Waals surface area contributed by atoms with Crippen LogP contribution in [0.2, 0.25) is 0 Å². The highest BCUT2D eigenvalue weighted by molar-refractivity contribution is 7.99. The van der Waals surface area contributed by atoms with E-state index in [1.165, 1.54) is 18.9 Å². The van der Waals surface area contributed by atoms with Crippen molar-refractivity contribution in [3.8, 4) is 5.75 Å². The average Bonchev–Trinajstić information content (AvgIpc) is 3.20. The number of esters is 1. The van der Waals surface area contributed by atoms with Gasteiger partial charge in [0.2, 0.25) is 11.1 Å². The van der Waals surface area contributed by atoms with Crippen LogP contribution in [0.3, 0.4) is 0 Å². The molecule has 9 heteroatoms. The molecule has 0 saturated heterocycles. The van der Waals surface area contributed by atoms with Gasteiger partial charge in [-0.15, -0.1) is 5.10 Å². The van der Waals surface area contributed by atoms with Gasteiger partial charge in [0.25, 0.3) is 0 Å². The number of hydrogen-bond donors (Lipinski definition) is 2. The van der Waals surface area contributed by atoms with Gasteiger partial charge in [0.15, 0.2) is 5.82 Å². The molecule has 0 unspecified atom stereocenters. The maximum Gasteiger partial charge on any atom is 0.337 e. The summed E-state index contributed by atoms with van der Waals surface area (Å²) in [6.07, 6.45) is 0. The minimum Gasteiger partial charge on any atom is -0.485 e. The lowest BCUT2D eigenvalue weighted by molar-refractivity contribution is -0.113. The van der Waals surface area contributed by atoms with Crippen LogP contribution in [0.15, 0.2) is 47.6 Å². The van der Waals surface area contributed by atoms with Crippen LogP contribution in [0.25, 0.3) is 0 Å². The zero-order chi connectivity index (χ0) is 21.5. The molecule has 156 valence electrons. The number of carbonyl (C=O) groups is 2. The van der Waals surface area contributed by atoms with Crippen LogP contribution in [0.4, 0.5) is 5.69 Å². The molecule has 1 amide bonds. The minimum absolute atomic E-state index is 0.147. The SMILES string of the molecule is COC(=O)c1ccc(NC(=O)CSc2n[nH]c(COc3c(C)cccc3C)n2)cc1. The first kappa shape index (κ1) is 21.4. The number of thioether (sulfide) groups is 1. The molecular weight excluding hydrogens is 404 g/mol. The molecule has 0 spiro atoms. The van der Waals surface area contributed by atoms with Crippen molar-refractivity contribution in [2.24, 2.45) is 0 Å². The summed E-state index contributed by atoms with van der Waals surface area (Å²) in [5.41, 5.74) is 3.12. The van der Waals surface area contributed by atoms with Crippen molar-refractivity contribution in [2.75, 3.05) is 18.2 Å². The fourth-order valence-corrected chi connectivity index (χ4v) is 3.33. The molecule has 1 heterocycles. The van der Waals surface area contributed by atoms with Crippen molar-refractivity contribution >= 4 is 29.3 Å². The Kier molecular flexibility index (Phi) is 7.08. The molecule has 2 aromatic carbocycles. The van der Waals surface area contributed by atoms with E-state index in [1.54, 1.807) is 24.3 Å². The van der Waals surface area contributed by atoms with Crippen LogP contribution in [0.5, 0.6) is 5.75 Å². The van der Waals surface area contributed by atoms with Crippen LogP contribution in [-0.2, 0) is 16.1 Å². The highest BCUT2D eigenvalue weighted by atomic mass is 32.2. The molecule has 0 fully saturated rings. The predicted octanol–water partition coefficient (Wildman–Crippen LogP) is 3.52. The number of hydrogen-bond acceptors (Lipinski definition) is 7. The van der Waals surface area contributed by atoms with E-state index in [0.717, 1.165) is 16.9 Å². The quantitative estimate of drug-likeness (QED) is 0.419. The van der Waals surface area contributed by atoms with Crippen LogP contribution in [0.1, 0.15) is 27.3 Å². The number of ether oxygens (including phenoxy) is 2. The van der Waals surface area contributed by atoms with Crippen molar-refractivity contribution in [3.63, 3.8) is 0 Å². The molecule has 0 bridgehead atoms. The Balaban J connectivity index is 1.48. The monoisotopic (exact) mass is 426 g/mol. The number of nitrogens with zero attached hydrogens (tertiary/aromatic N) is 2. The standard InChI is InChI=1S/C21H22N4O4S/c1-13-5-4-6-14(2)19(13)29-11-17-23-21(25-24-17)30-12-18(26)22-16-9-7-15(8-10-16)20(27)28-3/h4-10H,11-12H2,1-3H3,(H,22,26)(H,23,24,25). The lowest BCUT2D eigenvalue weighted by Crippen LogP contribution is -2.14. The fourth-order valence-electron chi connectivity index (χ4n) is 2.71. The van der Waals surface area contributed by atoms with Gasteiger partial charge in [0, 0.05) is 5.69 Å². The Hall–Kier alpha value is -3.33. The largest absolute Gasteiger partial charge is 0.485 e. The third-order valence-electron chi connectivity index (χ3n) is 4.20. The van der Waals surface area contributed by atoms with E-state index in [1.807, 2.05) is 32.0 Å². The summed E-state index contributed by atoms with van der Waals surface area (Å²) in [6, 6.07) is 12.4. The summed E-state index contributed by atoms with van der Waals surface area (Å²) in [6.45, 7) is 4.25. The van der Waals surface area contributed by atoms with E-state index in [2.05, 4.69) is 25.2 Å². The van der Waals surface area contributed by atoms with Crippen molar-refractivity contribution in [1.29, 1.82) is 0 Å². The number of benzene rings is 2. The molecule has 0 saturated carbocycles. The molecule has 3 rings (SSSR count). The Bertz CT molecular complexity index is 1010. The second kappa shape index (κ2) is 9.93. The first-order valence-electron chi connectivity index (χ1n) is 9.17. The van der Waals surface area contributed by atoms with E-state index < -0.39 is 5.97 Å². The first-order chi connectivity index (χ1) is 14.5. The first-order valence-corrected chi connectivity index (χ1v) is 10.2. The molecule has 0 aliphatic carbocycles. The van der Waals surface area contributed by atoms with Gasteiger partial charge in [-0.2, -0.15) is 0 Å². The highest BCUT2D eigenvalue weighted by Crippen LogP contribution is 2.23. The summed E-state index contributed by atoms with van der Waals surface area (Å²) in [7, 11) is 1.32. The van der Waals surface area contributed by atoms with Gasteiger partial charge in [-0.25, -0.2) is 9.78 Å². The topological polar surface area (TPSA) is 106 Å². The number of nitrogens with one attached hydrogen (secondary N) is 2. The van der Waals surface area contributed by atoms with E-state index in [0.29, 0.717) is 22.2 Å². The molecule has 1 aromatic heterocycles. The molecule has 8 nitrogen and oxygen atoms in total. The van der Waals surface area contributed by atoms with Crippen molar-refractivity contribution in [2.45, 2.75) is 25.6 Å². The summed E-state index contributed by atoms with van der Waals surface area (Å²) < 4.78 is 10.5. The number of carbonyl (C=O) groups excluding carboxylic acids is 2. The number of aromatic amines is 1. The molecule has 0 aliphatic rings. The Labute approximate surface area is 178 Å². The van der Waals surface area contributed by atoms with Gasteiger partial charge >= 0.3 is 5.97 Å². The smallest absolute Gasteiger partial charge is 0.337 e. The summed E-state index contributed by atoms with van der Waals surface area (Å²) >= 11 is 1.21. The van der Waals surface area contributed by atoms with Gasteiger partial charge in [-0.3, -0.25) is 9.89 Å². The van der Waals surface area contributed by atoms with Gasteiger partial charge in [-0.05, 0) is 49.2 Å². The fraction of sp³-hybridized carbons (Fsp3) is 0.238. The van der Waals surface area contributed by atoms with E-state index >= 15 is 0 Å². The van der Waals surface area contributed by atoms with E-state index in [4.69, 9.17) is 4.74 Å². The number of H-pyrrole nitrogens is 1. The van der Waals surface area contributed by atoms with Crippen LogP contribution in [0, 0.1) is 13.8 Å². The molecule has 0 radical (unpaired) electrons. The lowest BCUT2D eigenvalue weighted by Gasteiger charge is -2.10. The predicted molar refractivity (Wildman–Crippen MR) is 114 cm³/mol. The normalized spacial score (nSPS) is 10.5. The van der Waals surface area contributed by atoms with Gasteiger partial charge in [0.05, 0.1) is 18.4 Å². The number of anilines is 1. The van der Waals surface area contributed by atoms with Gasteiger partial charge in [-0.1, -0.05) is 30.0 Å². The van der Waals surface area contributed by atoms with Crippen LogP contribution in [-0.4, -0.2) is 39.9 Å². The molecule has 30 heavy (non-hydrogen) atoms. The highest BCUT2D eigenvalue weighted by Gasteiger charge is 2.11. The zero-order valence-corrected chi connectivity index (χ0v) is 17.7. The molecular formula is C21H22N4O4S. The second-order valence-corrected chi connectivity index (χ2v) is 7.42. The van der Waals surface area contributed by atoms with E-state index in [9.17, 15) is 9.59 Å². The maximum absolute atomic E-state index is 12.1. The average molecular weight is 426 g/mol. The second-order valence-electron chi connectivity index (χ2n) is 6.48. The Morgan fingerprint density at radius 1 is 1.10 bits per heavy atom. The zero-order valence-electron chi connectivity index (χ0n) is 16.9. The van der Waals surface area contributed by atoms with Gasteiger partial charge < -0.3 is 14.8 Å². The number of amides is 1. The van der Waals surface area contributed by atoms with Crippen LogP contribution >= 0.6 is 11.8 Å². The molecule has 3 aromatic rings. The van der Waals surface area contributed by atoms with E-state index in [-0.39, 0.29) is 18.3 Å². The van der Waals surface area contributed by atoms with Crippen molar-refractivity contribution in [3.05, 3.63) is 65.0 Å². The Morgan fingerprint density at radius 2 is 1.80 bits per heavy atom. The summed E-state index contributed by atoms with van der Waals surface area (Å²) in [4.78, 5) is 27.9. The lowest BCUT2D eigenvalue weighted by atomic mass is 10.1. The molecule has 0 atom stereocenters. The number of methoxy groups -OCH3 is 1. The maximum atomic E-state index is 12.1. The third kappa shape index (κ3) is 5.60. The van der Waals surface area contributed by atoms with Gasteiger partial charge in [0.1, 0.15) is 12.4 Å². The van der Waals surface area contributed by atoms with Crippen molar-refractivity contribution < 1.29 is 19.1 Å². The van der Waals surface area contributed by atoms with Crippen LogP contribution < -0.4 is 10.1 Å². The third-order valence-corrected chi connectivity index (χ3v) is 5.04. The van der Waals surface area contributed by atoms with Crippen molar-refractivity contribution in [1.82, 2.24) is 15.2 Å². The summed E-state index contributed by atoms with van der Waals surface area (Å²) in [5.74, 6) is 0.933. The molecule has 2 N–H and O–H groups in total. The number of rotatable bonds is 8. The number of aryl methyl sites for hydroxylation is 2. The number of para-hydroxylation sites is 1. The minimum atomic E-state index is -0.426. The number of aromatic nitrogens is 3.